The lowest BCUT2D eigenvalue weighted by molar-refractivity contribution is 0.0937. The molecule has 2 aromatic rings. The summed E-state index contributed by atoms with van der Waals surface area (Å²) in [5.74, 6) is -0.248. The highest BCUT2D eigenvalue weighted by atomic mass is 16.5. The number of phenols is 1. The summed E-state index contributed by atoms with van der Waals surface area (Å²) in [5.41, 5.74) is 3.54. The number of Topliss-reactive ketones (excluding diaryl/α,β-unsaturated/α-hetero) is 1. The highest BCUT2D eigenvalue weighted by Gasteiger charge is 2.32. The maximum absolute atomic E-state index is 13.0. The van der Waals surface area contributed by atoms with Gasteiger partial charge in [-0.05, 0) is 52.5 Å². The van der Waals surface area contributed by atoms with E-state index >= 15 is 0 Å². The van der Waals surface area contributed by atoms with Gasteiger partial charge in [-0.2, -0.15) is 0 Å². The van der Waals surface area contributed by atoms with E-state index in [0.717, 1.165) is 18.4 Å². The molecule has 1 unspecified atom stereocenters. The van der Waals surface area contributed by atoms with Crippen molar-refractivity contribution in [1.82, 2.24) is 0 Å². The molecule has 1 N–H and O–H groups in total. The zero-order chi connectivity index (χ0) is 22.9. The van der Waals surface area contributed by atoms with Gasteiger partial charge in [-0.1, -0.05) is 37.1 Å². The van der Waals surface area contributed by atoms with E-state index in [2.05, 4.69) is 32.9 Å². The van der Waals surface area contributed by atoms with Crippen LogP contribution in [0.1, 0.15) is 75.9 Å². The van der Waals surface area contributed by atoms with Crippen LogP contribution in [-0.4, -0.2) is 17.0 Å². The van der Waals surface area contributed by atoms with Gasteiger partial charge in [0.1, 0.15) is 23.2 Å². The molecule has 1 atom stereocenters. The van der Waals surface area contributed by atoms with Crippen molar-refractivity contribution in [3.63, 3.8) is 0 Å². The third kappa shape index (κ3) is 4.76. The van der Waals surface area contributed by atoms with Gasteiger partial charge in [0.25, 0.3) is 0 Å². The lowest BCUT2D eigenvalue weighted by Gasteiger charge is -2.27. The first-order valence-electron chi connectivity index (χ1n) is 10.9. The third-order valence-corrected chi connectivity index (χ3v) is 5.64. The molecule has 3 rings (SSSR count). The average molecular weight is 425 g/mol. The van der Waals surface area contributed by atoms with Crippen LogP contribution in [0.5, 0.6) is 11.5 Å². The Kier molecular flexibility index (Phi) is 6.73. The second-order valence-electron chi connectivity index (χ2n) is 9.05. The van der Waals surface area contributed by atoms with E-state index in [4.69, 9.17) is 9.15 Å². The molecular formula is C26H32O5. The van der Waals surface area contributed by atoms with Crippen LogP contribution in [0.4, 0.5) is 0 Å². The summed E-state index contributed by atoms with van der Waals surface area (Å²) < 4.78 is 11.6. The van der Waals surface area contributed by atoms with E-state index in [9.17, 15) is 14.7 Å². The molecule has 2 heterocycles. The molecule has 5 nitrogen and oxygen atoms in total. The van der Waals surface area contributed by atoms with Crippen molar-refractivity contribution in [2.75, 3.05) is 0 Å². The molecule has 0 bridgehead atoms. The Balaban J connectivity index is 2.18. The molecule has 31 heavy (non-hydrogen) atoms. The van der Waals surface area contributed by atoms with Gasteiger partial charge >= 0.3 is 5.63 Å². The summed E-state index contributed by atoms with van der Waals surface area (Å²) in [4.78, 5) is 25.2. The lowest BCUT2D eigenvalue weighted by atomic mass is 9.89. The van der Waals surface area contributed by atoms with E-state index in [1.807, 2.05) is 6.92 Å². The number of phenolic OH excluding ortho intramolecular Hbond substituents is 1. The van der Waals surface area contributed by atoms with Crippen LogP contribution < -0.4 is 10.4 Å². The Morgan fingerprint density at radius 3 is 2.61 bits per heavy atom. The monoisotopic (exact) mass is 424 g/mol. The first kappa shape index (κ1) is 22.9. The number of aromatic hydroxyl groups is 1. The summed E-state index contributed by atoms with van der Waals surface area (Å²) in [5, 5.41) is 11.8. The number of rotatable bonds is 7. The first-order valence-corrected chi connectivity index (χ1v) is 10.9. The molecule has 0 fully saturated rings. The molecule has 1 aromatic carbocycles. The highest BCUT2D eigenvalue weighted by molar-refractivity contribution is 6.12. The van der Waals surface area contributed by atoms with Crippen LogP contribution in [-0.2, 0) is 12.8 Å². The highest BCUT2D eigenvalue weighted by Crippen LogP contribution is 2.45. The molecule has 5 heteroatoms. The normalized spacial score (nSPS) is 15.8. The van der Waals surface area contributed by atoms with Crippen molar-refractivity contribution in [1.29, 1.82) is 0 Å². The number of ketones is 1. The van der Waals surface area contributed by atoms with E-state index < -0.39 is 5.63 Å². The van der Waals surface area contributed by atoms with Crippen LogP contribution in [0.25, 0.3) is 11.0 Å². The summed E-state index contributed by atoms with van der Waals surface area (Å²) in [6.45, 7) is 11.7. The maximum atomic E-state index is 13.0. The standard InChI is InChI=1S/C26H32O5/c1-14(2)8-7-9-16(5)10-11-19-24(29)22(23(28)15(3)4)26-21-18(13-20(27)31-26)12-17(6)30-25(19)21/h8,10,13,15,17,29H,7,9,11-12H2,1-6H3/b16-10+. The van der Waals surface area contributed by atoms with Crippen molar-refractivity contribution >= 4 is 16.8 Å². The molecule has 0 spiro atoms. The summed E-state index contributed by atoms with van der Waals surface area (Å²) in [6.07, 6.45) is 6.98. The number of hydrogen-bond donors (Lipinski definition) is 1. The van der Waals surface area contributed by atoms with Gasteiger partial charge in [-0.25, -0.2) is 4.79 Å². The minimum Gasteiger partial charge on any atom is -0.507 e. The molecule has 1 aromatic heterocycles. The summed E-state index contributed by atoms with van der Waals surface area (Å²) in [6, 6.07) is 1.47. The van der Waals surface area contributed by atoms with Crippen molar-refractivity contribution in [3.8, 4) is 11.5 Å². The molecule has 1 aliphatic rings. The van der Waals surface area contributed by atoms with Gasteiger partial charge in [-0.3, -0.25) is 4.79 Å². The first-order chi connectivity index (χ1) is 14.6. The molecule has 166 valence electrons. The van der Waals surface area contributed by atoms with E-state index in [1.165, 1.54) is 17.2 Å². The third-order valence-electron chi connectivity index (χ3n) is 5.64. The fourth-order valence-corrected chi connectivity index (χ4v) is 4.00. The Morgan fingerprint density at radius 2 is 1.97 bits per heavy atom. The Morgan fingerprint density at radius 1 is 1.26 bits per heavy atom. The van der Waals surface area contributed by atoms with Gasteiger partial charge in [0.05, 0.1) is 5.39 Å². The lowest BCUT2D eigenvalue weighted by Crippen LogP contribution is -2.23. The van der Waals surface area contributed by atoms with Crippen molar-refractivity contribution in [2.24, 2.45) is 5.92 Å². The largest absolute Gasteiger partial charge is 0.507 e. The number of carbonyl (C=O) groups excluding carboxylic acids is 1. The summed E-state index contributed by atoms with van der Waals surface area (Å²) >= 11 is 0. The zero-order valence-corrected chi connectivity index (χ0v) is 19.3. The van der Waals surface area contributed by atoms with Crippen LogP contribution in [0.2, 0.25) is 0 Å². The van der Waals surface area contributed by atoms with E-state index in [0.29, 0.717) is 29.5 Å². The van der Waals surface area contributed by atoms with Gasteiger partial charge in [0.15, 0.2) is 11.4 Å². The van der Waals surface area contributed by atoms with E-state index in [1.54, 1.807) is 13.8 Å². The predicted octanol–water partition coefficient (Wildman–Crippen LogP) is 5.90. The average Bonchev–Trinajstić information content (AvgIpc) is 2.66. The van der Waals surface area contributed by atoms with Crippen LogP contribution in [0.3, 0.4) is 0 Å². The molecule has 0 saturated heterocycles. The number of benzene rings is 1. The van der Waals surface area contributed by atoms with Crippen LogP contribution in [0.15, 0.2) is 38.6 Å². The van der Waals surface area contributed by atoms with Gasteiger partial charge in [0.2, 0.25) is 0 Å². The fraction of sp³-hybridized carbons (Fsp3) is 0.462. The van der Waals surface area contributed by atoms with Gasteiger partial charge in [0, 0.05) is 24.0 Å². The minimum absolute atomic E-state index is 0.0800. The topological polar surface area (TPSA) is 76.7 Å². The van der Waals surface area contributed by atoms with E-state index in [-0.39, 0.29) is 34.7 Å². The SMILES string of the molecule is CC(C)=CCC/C(C)=C/Cc1c(O)c(C(=O)C(C)C)c2oc(=O)cc3c2c1OC(C)C3. The maximum Gasteiger partial charge on any atom is 0.336 e. The molecule has 0 radical (unpaired) electrons. The fourth-order valence-electron chi connectivity index (χ4n) is 4.00. The molecule has 0 saturated carbocycles. The molecule has 0 aliphatic carbocycles. The van der Waals surface area contributed by atoms with Crippen LogP contribution in [0, 0.1) is 5.92 Å². The second-order valence-corrected chi connectivity index (χ2v) is 9.05. The van der Waals surface area contributed by atoms with Crippen molar-refractivity contribution < 1.29 is 19.1 Å². The Bertz CT molecular complexity index is 1130. The molecule has 0 amide bonds. The van der Waals surface area contributed by atoms with Gasteiger partial charge in [-0.15, -0.1) is 0 Å². The predicted molar refractivity (Wildman–Crippen MR) is 123 cm³/mol. The quantitative estimate of drug-likeness (QED) is 0.340. The molecular weight excluding hydrogens is 392 g/mol. The Labute approximate surface area is 183 Å². The van der Waals surface area contributed by atoms with Crippen molar-refractivity contribution in [2.45, 2.75) is 73.3 Å². The molecule has 1 aliphatic heterocycles. The number of carbonyl (C=O) groups is 1. The second kappa shape index (κ2) is 9.13. The number of ether oxygens (including phenoxy) is 1. The van der Waals surface area contributed by atoms with Crippen LogP contribution >= 0.6 is 0 Å². The Hall–Kier alpha value is -2.82. The zero-order valence-electron chi connectivity index (χ0n) is 19.3. The number of hydrogen-bond acceptors (Lipinski definition) is 5. The number of allylic oxidation sites excluding steroid dienone is 4. The minimum atomic E-state index is -0.525. The van der Waals surface area contributed by atoms with Gasteiger partial charge < -0.3 is 14.3 Å². The smallest absolute Gasteiger partial charge is 0.336 e. The van der Waals surface area contributed by atoms with Crippen molar-refractivity contribution in [3.05, 3.63) is 56.5 Å². The summed E-state index contributed by atoms with van der Waals surface area (Å²) in [7, 11) is 0.